The number of nitrogens with two attached hydrogens (primary N) is 2. The van der Waals surface area contributed by atoms with Gasteiger partial charge in [-0.05, 0) is 48.3 Å². The summed E-state index contributed by atoms with van der Waals surface area (Å²) in [6.45, 7) is 0.439. The predicted octanol–water partition coefficient (Wildman–Crippen LogP) is 1.89. The summed E-state index contributed by atoms with van der Waals surface area (Å²) in [5.41, 5.74) is 12.3. The van der Waals surface area contributed by atoms with Gasteiger partial charge in [-0.3, -0.25) is 4.79 Å². The van der Waals surface area contributed by atoms with Crippen molar-refractivity contribution in [2.24, 2.45) is 27.8 Å². The molecule has 0 aromatic heterocycles. The lowest BCUT2D eigenvalue weighted by atomic mass is 9.82. The molecule has 1 fully saturated rings. The molecule has 0 spiro atoms. The summed E-state index contributed by atoms with van der Waals surface area (Å²) in [6, 6.07) is 5.10. The third-order valence-electron chi connectivity index (χ3n) is 4.82. The van der Waals surface area contributed by atoms with Gasteiger partial charge >= 0.3 is 0 Å². The number of rotatable bonds is 2. The molecule has 24 heavy (non-hydrogen) atoms. The molecule has 1 aromatic rings. The van der Waals surface area contributed by atoms with Crippen LogP contribution in [0.5, 0.6) is 5.75 Å². The Bertz CT molecular complexity index is 862. The number of aliphatic hydroxyl groups excluding tert-OH is 1. The van der Waals surface area contributed by atoms with Gasteiger partial charge in [0.25, 0.3) is 5.91 Å². The van der Waals surface area contributed by atoms with E-state index in [0.717, 1.165) is 17.6 Å². The van der Waals surface area contributed by atoms with E-state index in [9.17, 15) is 9.90 Å². The molecule has 4 rings (SSSR count). The molecule has 1 aromatic carbocycles. The molecule has 2 aliphatic carbocycles. The Morgan fingerprint density at radius 2 is 2.21 bits per heavy atom. The third-order valence-corrected chi connectivity index (χ3v) is 4.82. The number of benzene rings is 1. The van der Waals surface area contributed by atoms with Crippen LogP contribution in [0.1, 0.15) is 22.3 Å². The second kappa shape index (κ2) is 4.99. The zero-order valence-corrected chi connectivity index (χ0v) is 12.9. The summed E-state index contributed by atoms with van der Waals surface area (Å²) in [5, 5.41) is 10.5. The minimum Gasteiger partial charge on any atom is -0.511 e. The molecular formula is C18H17N3O3. The average Bonchev–Trinajstić information content (AvgIpc) is 3.30. The van der Waals surface area contributed by atoms with Gasteiger partial charge in [-0.25, -0.2) is 0 Å². The highest BCUT2D eigenvalue weighted by Gasteiger charge is 2.60. The number of aliphatic imine (C=N–C) groups is 1. The molecular weight excluding hydrogens is 306 g/mol. The molecule has 0 radical (unpaired) electrons. The van der Waals surface area contributed by atoms with Crippen molar-refractivity contribution in [1.82, 2.24) is 0 Å². The Morgan fingerprint density at radius 3 is 2.96 bits per heavy atom. The van der Waals surface area contributed by atoms with Crippen molar-refractivity contribution < 1.29 is 14.6 Å². The summed E-state index contributed by atoms with van der Waals surface area (Å²) in [7, 11) is 0. The monoisotopic (exact) mass is 323 g/mol. The molecule has 2 atom stereocenters. The largest absolute Gasteiger partial charge is 0.511 e. The van der Waals surface area contributed by atoms with Crippen LogP contribution in [0, 0.1) is 11.3 Å². The quantitative estimate of drug-likeness (QED) is 0.568. The number of guanidine groups is 1. The van der Waals surface area contributed by atoms with Gasteiger partial charge in [0.15, 0.2) is 5.96 Å². The first-order chi connectivity index (χ1) is 11.5. The molecule has 5 N–H and O–H groups in total. The molecule has 3 aliphatic rings. The van der Waals surface area contributed by atoms with Gasteiger partial charge in [0, 0.05) is 11.1 Å². The zero-order chi connectivity index (χ0) is 16.9. The van der Waals surface area contributed by atoms with Crippen LogP contribution >= 0.6 is 0 Å². The number of ether oxygens (including phenoxy) is 1. The van der Waals surface area contributed by atoms with Gasteiger partial charge in [0.2, 0.25) is 0 Å². The lowest BCUT2D eigenvalue weighted by Gasteiger charge is -2.27. The molecule has 6 heteroatoms. The Labute approximate surface area is 138 Å². The average molecular weight is 323 g/mol. The van der Waals surface area contributed by atoms with Gasteiger partial charge in [-0.15, -0.1) is 0 Å². The summed E-state index contributed by atoms with van der Waals surface area (Å²) < 4.78 is 5.67. The topological polar surface area (TPSA) is 111 Å². The highest BCUT2D eigenvalue weighted by atomic mass is 16.5. The Morgan fingerprint density at radius 1 is 1.38 bits per heavy atom. The fourth-order valence-electron chi connectivity index (χ4n) is 3.62. The first-order valence-electron chi connectivity index (χ1n) is 7.72. The van der Waals surface area contributed by atoms with Crippen molar-refractivity contribution in [3.05, 3.63) is 59.4 Å². The first kappa shape index (κ1) is 14.6. The van der Waals surface area contributed by atoms with E-state index in [-0.39, 0.29) is 11.9 Å². The molecule has 1 saturated carbocycles. The van der Waals surface area contributed by atoms with E-state index in [1.54, 1.807) is 24.3 Å². The predicted molar refractivity (Wildman–Crippen MR) is 90.4 cm³/mol. The van der Waals surface area contributed by atoms with Crippen LogP contribution in [-0.2, 0) is 0 Å². The Kier molecular flexibility index (Phi) is 3.03. The number of carbonyl (C=O) groups is 1. The Hall–Kier alpha value is -3.02. The SMILES string of the molecule is NC(N)=NC(=O)c1ccc2c(c1)C(C13CC1C=CC=C3O)=CCO2. The van der Waals surface area contributed by atoms with Crippen molar-refractivity contribution in [3.63, 3.8) is 0 Å². The fraction of sp³-hybridized carbons (Fsp3) is 0.222. The summed E-state index contributed by atoms with van der Waals surface area (Å²) in [5.74, 6) is 0.544. The summed E-state index contributed by atoms with van der Waals surface area (Å²) in [6.07, 6.45) is 8.53. The normalized spacial score (nSPS) is 26.2. The van der Waals surface area contributed by atoms with Crippen LogP contribution in [0.15, 0.2) is 53.3 Å². The molecule has 1 heterocycles. The van der Waals surface area contributed by atoms with Crippen molar-refractivity contribution >= 4 is 17.4 Å². The van der Waals surface area contributed by atoms with E-state index < -0.39 is 11.3 Å². The molecule has 2 unspecified atom stereocenters. The van der Waals surface area contributed by atoms with Crippen LogP contribution in [0.2, 0.25) is 0 Å². The van der Waals surface area contributed by atoms with Gasteiger partial charge in [0.1, 0.15) is 18.1 Å². The number of nitrogens with zero attached hydrogens (tertiary/aromatic N) is 1. The van der Waals surface area contributed by atoms with Crippen molar-refractivity contribution in [1.29, 1.82) is 0 Å². The maximum absolute atomic E-state index is 12.1. The highest BCUT2D eigenvalue weighted by molar-refractivity contribution is 6.02. The van der Waals surface area contributed by atoms with E-state index in [1.807, 2.05) is 12.2 Å². The van der Waals surface area contributed by atoms with Gasteiger partial charge in [0.05, 0.1) is 5.41 Å². The first-order valence-corrected chi connectivity index (χ1v) is 7.72. The minimum absolute atomic E-state index is 0.274. The Balaban J connectivity index is 1.78. The standard InChI is InChI=1S/C18H17N3O3/c19-17(20)21-16(23)10-4-5-14-12(8-10)13(6-7-24-14)18-9-11(18)2-1-3-15(18)22/h1-6,8,11,22H,7,9H2,(H4,19,20,21,23). The summed E-state index contributed by atoms with van der Waals surface area (Å²) in [4.78, 5) is 15.7. The third kappa shape index (κ3) is 2.03. The molecule has 1 aliphatic heterocycles. The lowest BCUT2D eigenvalue weighted by Crippen LogP contribution is -2.24. The van der Waals surface area contributed by atoms with Gasteiger partial charge in [-0.2, -0.15) is 4.99 Å². The summed E-state index contributed by atoms with van der Waals surface area (Å²) >= 11 is 0. The van der Waals surface area contributed by atoms with E-state index in [2.05, 4.69) is 11.1 Å². The maximum Gasteiger partial charge on any atom is 0.280 e. The van der Waals surface area contributed by atoms with Crippen LogP contribution in [0.25, 0.3) is 5.57 Å². The van der Waals surface area contributed by atoms with Gasteiger partial charge in [-0.1, -0.05) is 12.2 Å². The number of allylic oxidation sites excluding steroid dienone is 4. The minimum atomic E-state index is -0.504. The number of fused-ring (bicyclic) bond motifs is 2. The second-order valence-electron chi connectivity index (χ2n) is 6.20. The van der Waals surface area contributed by atoms with Crippen LogP contribution in [0.4, 0.5) is 0 Å². The van der Waals surface area contributed by atoms with Gasteiger partial charge < -0.3 is 21.3 Å². The van der Waals surface area contributed by atoms with E-state index in [4.69, 9.17) is 16.2 Å². The zero-order valence-electron chi connectivity index (χ0n) is 12.9. The van der Waals surface area contributed by atoms with Crippen molar-refractivity contribution in [3.8, 4) is 5.75 Å². The lowest BCUT2D eigenvalue weighted by molar-refractivity contribution is 0.100. The van der Waals surface area contributed by atoms with Crippen LogP contribution < -0.4 is 16.2 Å². The smallest absolute Gasteiger partial charge is 0.280 e. The molecule has 6 nitrogen and oxygen atoms in total. The van der Waals surface area contributed by atoms with Crippen molar-refractivity contribution in [2.45, 2.75) is 6.42 Å². The molecule has 122 valence electrons. The second-order valence-corrected chi connectivity index (χ2v) is 6.20. The van der Waals surface area contributed by atoms with E-state index in [1.165, 1.54) is 0 Å². The number of amides is 1. The number of aliphatic hydroxyl groups is 1. The van der Waals surface area contributed by atoms with E-state index in [0.29, 0.717) is 23.7 Å². The fourth-order valence-corrected chi connectivity index (χ4v) is 3.62. The number of carbonyl (C=O) groups excluding carboxylic acids is 1. The molecule has 1 amide bonds. The number of hydrogen-bond acceptors (Lipinski definition) is 3. The highest BCUT2D eigenvalue weighted by Crippen LogP contribution is 2.67. The van der Waals surface area contributed by atoms with Crippen LogP contribution in [0.3, 0.4) is 0 Å². The maximum atomic E-state index is 12.1. The van der Waals surface area contributed by atoms with Crippen molar-refractivity contribution in [2.75, 3.05) is 6.61 Å². The van der Waals surface area contributed by atoms with Crippen LogP contribution in [-0.4, -0.2) is 23.6 Å². The van der Waals surface area contributed by atoms with E-state index >= 15 is 0 Å². The molecule has 0 bridgehead atoms. The number of hydrogen-bond donors (Lipinski definition) is 3. The molecule has 0 saturated heterocycles.